The summed E-state index contributed by atoms with van der Waals surface area (Å²) in [5.74, 6) is -0.176. The normalized spacial score (nSPS) is 14.1. The first-order valence-electron chi connectivity index (χ1n) is 11.0. The Hall–Kier alpha value is -3.32. The fourth-order valence-electron chi connectivity index (χ4n) is 4.18. The Morgan fingerprint density at radius 3 is 2.58 bits per heavy atom. The van der Waals surface area contributed by atoms with Crippen LogP contribution in [0.3, 0.4) is 0 Å². The van der Waals surface area contributed by atoms with E-state index in [-0.39, 0.29) is 11.9 Å². The number of aromatic nitrogens is 1. The number of pyridine rings is 1. The molecule has 1 aromatic carbocycles. The molecule has 0 aliphatic carbocycles. The molecule has 3 heterocycles. The smallest absolute Gasteiger partial charge is 0.338 e. The molecule has 2 aromatic heterocycles. The van der Waals surface area contributed by atoms with Crippen LogP contribution in [0, 0.1) is 12.7 Å². The van der Waals surface area contributed by atoms with E-state index in [1.807, 2.05) is 37.4 Å². The minimum atomic E-state index is -0.392. The predicted molar refractivity (Wildman–Crippen MR) is 126 cm³/mol. The lowest BCUT2D eigenvalue weighted by Gasteiger charge is -2.31. The Morgan fingerprint density at radius 1 is 1.18 bits per heavy atom. The lowest BCUT2D eigenvalue weighted by atomic mass is 10.0. The van der Waals surface area contributed by atoms with Crippen molar-refractivity contribution in [2.45, 2.75) is 26.9 Å². The molecule has 6 nitrogen and oxygen atoms in total. The van der Waals surface area contributed by atoms with Crippen molar-refractivity contribution < 1.29 is 23.4 Å². The van der Waals surface area contributed by atoms with Gasteiger partial charge in [-0.2, -0.15) is 0 Å². The molecule has 4 rings (SSSR count). The molecule has 1 aliphatic rings. The molecule has 0 N–H and O–H groups in total. The highest BCUT2D eigenvalue weighted by Crippen LogP contribution is 2.33. The second kappa shape index (κ2) is 9.27. The molecule has 0 radical (unpaired) electrons. The average molecular weight is 453 g/mol. The van der Waals surface area contributed by atoms with Crippen LogP contribution >= 0.6 is 0 Å². The Balaban J connectivity index is 1.91. The van der Waals surface area contributed by atoms with E-state index in [4.69, 9.17) is 14.2 Å². The van der Waals surface area contributed by atoms with Gasteiger partial charge in [0, 0.05) is 35.9 Å². The Morgan fingerprint density at radius 2 is 1.91 bits per heavy atom. The van der Waals surface area contributed by atoms with Crippen molar-refractivity contribution >= 4 is 17.2 Å². The number of carbonyl (C=O) groups is 1. The zero-order valence-electron chi connectivity index (χ0n) is 19.5. The Labute approximate surface area is 193 Å². The Bertz CT molecular complexity index is 1210. The van der Waals surface area contributed by atoms with Crippen molar-refractivity contribution in [3.8, 4) is 16.9 Å². The van der Waals surface area contributed by atoms with Crippen molar-refractivity contribution in [2.75, 3.05) is 33.4 Å². The van der Waals surface area contributed by atoms with Gasteiger partial charge in [0.2, 0.25) is 0 Å². The fourth-order valence-corrected chi connectivity index (χ4v) is 4.18. The van der Waals surface area contributed by atoms with Crippen molar-refractivity contribution in [1.29, 1.82) is 0 Å². The number of carbonyl (C=O) groups excluding carboxylic acids is 1. The average Bonchev–Trinajstić information content (AvgIpc) is 3.22. The number of ether oxygens (including phenoxy) is 3. The van der Waals surface area contributed by atoms with Gasteiger partial charge in [-0.1, -0.05) is 6.58 Å². The van der Waals surface area contributed by atoms with Crippen LogP contribution in [0.2, 0.25) is 0 Å². The van der Waals surface area contributed by atoms with Crippen molar-refractivity contribution in [3.63, 3.8) is 0 Å². The number of esters is 1. The highest BCUT2D eigenvalue weighted by atomic mass is 19.1. The van der Waals surface area contributed by atoms with E-state index in [1.54, 1.807) is 25.3 Å². The van der Waals surface area contributed by atoms with E-state index in [0.717, 1.165) is 22.5 Å². The number of nitrogens with zero attached hydrogens (tertiary/aromatic N) is 2. The molecule has 1 aliphatic heterocycles. The first-order chi connectivity index (χ1) is 15.8. The second-order valence-corrected chi connectivity index (χ2v) is 8.40. The highest BCUT2D eigenvalue weighted by Gasteiger charge is 2.24. The van der Waals surface area contributed by atoms with E-state index in [1.165, 1.54) is 6.07 Å². The quantitative estimate of drug-likeness (QED) is 0.497. The van der Waals surface area contributed by atoms with Gasteiger partial charge in [0.05, 0.1) is 43.4 Å². The van der Waals surface area contributed by atoms with E-state index >= 15 is 0 Å². The first kappa shape index (κ1) is 22.9. The standard InChI is InChI=1S/C26H29FN2O4/c1-16(2)33-26(30)22-13-20-12-19(23-14-21(31-5)6-7-24(23)27)15-29(20)25(17(22)3)18(4)28-8-10-32-11-9-28/h6-7,12-16H,4,8-11H2,1-3,5H3. The van der Waals surface area contributed by atoms with Gasteiger partial charge >= 0.3 is 5.97 Å². The zero-order valence-corrected chi connectivity index (χ0v) is 19.5. The summed E-state index contributed by atoms with van der Waals surface area (Å²) in [5.41, 5.74) is 4.65. The summed E-state index contributed by atoms with van der Waals surface area (Å²) in [4.78, 5) is 15.1. The van der Waals surface area contributed by atoms with Gasteiger partial charge in [0.1, 0.15) is 11.6 Å². The molecule has 1 fully saturated rings. The molecule has 0 amide bonds. The number of hydrogen-bond acceptors (Lipinski definition) is 5. The minimum Gasteiger partial charge on any atom is -0.497 e. The number of methoxy groups -OCH3 is 1. The molecule has 7 heteroatoms. The maximum absolute atomic E-state index is 14.7. The molecule has 3 aromatic rings. The van der Waals surface area contributed by atoms with Gasteiger partial charge < -0.3 is 23.5 Å². The van der Waals surface area contributed by atoms with Crippen LogP contribution in [-0.4, -0.2) is 54.8 Å². The lowest BCUT2D eigenvalue weighted by molar-refractivity contribution is 0.0377. The summed E-state index contributed by atoms with van der Waals surface area (Å²) in [6.45, 7) is 12.5. The number of fused-ring (bicyclic) bond motifs is 1. The molecule has 174 valence electrons. The fraction of sp³-hybridized carbons (Fsp3) is 0.346. The SMILES string of the molecule is C=C(c1c(C)c(C(=O)OC(C)C)cc2cc(-c3cc(OC)ccc3F)cn12)N1CCOCC1. The van der Waals surface area contributed by atoms with Gasteiger partial charge in [-0.25, -0.2) is 9.18 Å². The second-order valence-electron chi connectivity index (χ2n) is 8.40. The van der Waals surface area contributed by atoms with Gasteiger partial charge in [-0.15, -0.1) is 0 Å². The molecule has 0 bridgehead atoms. The minimum absolute atomic E-state index is 0.243. The van der Waals surface area contributed by atoms with Crippen molar-refractivity contribution in [3.05, 3.63) is 65.7 Å². The van der Waals surface area contributed by atoms with Crippen LogP contribution in [-0.2, 0) is 9.47 Å². The van der Waals surface area contributed by atoms with Crippen LogP contribution in [0.4, 0.5) is 4.39 Å². The van der Waals surface area contributed by atoms with E-state index in [9.17, 15) is 9.18 Å². The van der Waals surface area contributed by atoms with Gasteiger partial charge in [-0.3, -0.25) is 0 Å². The number of hydrogen-bond donors (Lipinski definition) is 0. The molecular formula is C26H29FN2O4. The third kappa shape index (κ3) is 4.46. The third-order valence-electron chi connectivity index (χ3n) is 5.86. The summed E-state index contributed by atoms with van der Waals surface area (Å²) in [7, 11) is 1.55. The molecule has 0 unspecified atom stereocenters. The zero-order chi connectivity index (χ0) is 23.7. The molecule has 33 heavy (non-hydrogen) atoms. The van der Waals surface area contributed by atoms with Crippen LogP contribution in [0.1, 0.15) is 35.5 Å². The van der Waals surface area contributed by atoms with E-state index in [0.29, 0.717) is 48.7 Å². The van der Waals surface area contributed by atoms with Gasteiger partial charge in [0.15, 0.2) is 0 Å². The number of rotatable bonds is 6. The molecule has 1 saturated heterocycles. The van der Waals surface area contributed by atoms with Crippen LogP contribution in [0.15, 0.2) is 43.1 Å². The summed E-state index contributed by atoms with van der Waals surface area (Å²) in [6, 6.07) is 8.30. The van der Waals surface area contributed by atoms with Crippen LogP contribution < -0.4 is 4.74 Å². The van der Waals surface area contributed by atoms with Gasteiger partial charge in [0.25, 0.3) is 0 Å². The summed E-state index contributed by atoms with van der Waals surface area (Å²) < 4.78 is 33.0. The number of benzene rings is 1. The number of morpholine rings is 1. The molecular weight excluding hydrogens is 423 g/mol. The van der Waals surface area contributed by atoms with Crippen molar-refractivity contribution in [2.24, 2.45) is 0 Å². The summed E-state index contributed by atoms with van der Waals surface area (Å²) >= 11 is 0. The largest absolute Gasteiger partial charge is 0.497 e. The number of halogens is 1. The maximum Gasteiger partial charge on any atom is 0.338 e. The summed E-state index contributed by atoms with van der Waals surface area (Å²) in [5, 5.41) is 0. The van der Waals surface area contributed by atoms with E-state index in [2.05, 4.69) is 11.5 Å². The van der Waals surface area contributed by atoms with E-state index < -0.39 is 5.97 Å². The molecule has 0 atom stereocenters. The van der Waals surface area contributed by atoms with Crippen molar-refractivity contribution in [1.82, 2.24) is 9.30 Å². The first-order valence-corrected chi connectivity index (χ1v) is 11.0. The predicted octanol–water partition coefficient (Wildman–Crippen LogP) is 4.93. The topological polar surface area (TPSA) is 52.4 Å². The monoisotopic (exact) mass is 452 g/mol. The molecule has 0 saturated carbocycles. The Kier molecular flexibility index (Phi) is 6.42. The third-order valence-corrected chi connectivity index (χ3v) is 5.86. The maximum atomic E-state index is 14.7. The van der Waals surface area contributed by atoms with Crippen LogP contribution in [0.5, 0.6) is 5.75 Å². The van der Waals surface area contributed by atoms with Crippen LogP contribution in [0.25, 0.3) is 22.3 Å². The highest BCUT2D eigenvalue weighted by molar-refractivity contribution is 5.94. The lowest BCUT2D eigenvalue weighted by Crippen LogP contribution is -2.35. The summed E-state index contributed by atoms with van der Waals surface area (Å²) in [6.07, 6.45) is 1.63. The molecule has 0 spiro atoms. The van der Waals surface area contributed by atoms with Gasteiger partial charge in [-0.05, 0) is 56.7 Å².